The molecule has 142 valence electrons. The van der Waals surface area contributed by atoms with E-state index in [0.717, 1.165) is 43.3 Å². The van der Waals surface area contributed by atoms with Gasteiger partial charge >= 0.3 is 0 Å². The molecule has 0 unspecified atom stereocenters. The van der Waals surface area contributed by atoms with Crippen molar-refractivity contribution in [3.8, 4) is 0 Å². The Hall–Kier alpha value is -3.25. The second-order valence-electron chi connectivity index (χ2n) is 6.83. The number of anilines is 1. The molecule has 0 aliphatic rings. The molecule has 29 heavy (non-hydrogen) atoms. The summed E-state index contributed by atoms with van der Waals surface area (Å²) in [7, 11) is 0. The largest absolute Gasteiger partial charge is 0.325 e. The van der Waals surface area contributed by atoms with Gasteiger partial charge in [0, 0.05) is 22.8 Å². The molecular formula is C23H17BrN4O. The number of halogens is 1. The Morgan fingerprint density at radius 1 is 0.897 bits per heavy atom. The molecule has 6 heteroatoms. The average Bonchev–Trinajstić information content (AvgIpc) is 3.05. The van der Waals surface area contributed by atoms with E-state index in [1.807, 2.05) is 60.7 Å². The van der Waals surface area contributed by atoms with Crippen LogP contribution >= 0.6 is 15.9 Å². The minimum atomic E-state index is -0.0448. The Labute approximate surface area is 175 Å². The van der Waals surface area contributed by atoms with E-state index >= 15 is 0 Å². The van der Waals surface area contributed by atoms with Gasteiger partial charge in [-0.3, -0.25) is 4.79 Å². The quantitative estimate of drug-likeness (QED) is 0.396. The second-order valence-corrected chi connectivity index (χ2v) is 7.69. The van der Waals surface area contributed by atoms with Gasteiger partial charge in [-0.1, -0.05) is 42.5 Å². The standard InChI is InChI=1S/C23H17BrN4O/c24-16-8-2-3-9-17(16)25-21(29)13-14-28-20-12-6-1-7-15(20)22-23(28)27-19-11-5-4-10-18(19)26-22/h1-12H,13-14H2,(H,25,29). The number of hydrogen-bond acceptors (Lipinski definition) is 3. The molecule has 5 nitrogen and oxygen atoms in total. The van der Waals surface area contributed by atoms with Crippen molar-refractivity contribution in [3.05, 3.63) is 77.3 Å². The number of amides is 1. The number of benzene rings is 3. The monoisotopic (exact) mass is 444 g/mol. The van der Waals surface area contributed by atoms with Crippen LogP contribution in [0.2, 0.25) is 0 Å². The van der Waals surface area contributed by atoms with Crippen LogP contribution in [0.25, 0.3) is 33.1 Å². The molecule has 3 aromatic carbocycles. The minimum absolute atomic E-state index is 0.0448. The van der Waals surface area contributed by atoms with Gasteiger partial charge in [0.1, 0.15) is 5.52 Å². The highest BCUT2D eigenvalue weighted by Crippen LogP contribution is 2.28. The van der Waals surface area contributed by atoms with Crippen LogP contribution in [0.1, 0.15) is 6.42 Å². The molecule has 5 aromatic rings. The predicted molar refractivity (Wildman–Crippen MR) is 120 cm³/mol. The fraction of sp³-hybridized carbons (Fsp3) is 0.0870. The Balaban J connectivity index is 1.52. The van der Waals surface area contributed by atoms with E-state index in [-0.39, 0.29) is 5.91 Å². The number of carbonyl (C=O) groups excluding carboxylic acids is 1. The lowest BCUT2D eigenvalue weighted by Crippen LogP contribution is -2.15. The van der Waals surface area contributed by atoms with Gasteiger partial charge in [-0.05, 0) is 46.3 Å². The summed E-state index contributed by atoms with van der Waals surface area (Å²) in [6.07, 6.45) is 0.337. The summed E-state index contributed by atoms with van der Waals surface area (Å²) in [6.45, 7) is 0.521. The molecule has 0 spiro atoms. The van der Waals surface area contributed by atoms with Gasteiger partial charge in [0.05, 0.1) is 22.2 Å². The number of hydrogen-bond donors (Lipinski definition) is 1. The summed E-state index contributed by atoms with van der Waals surface area (Å²) < 4.78 is 2.95. The molecule has 0 saturated carbocycles. The van der Waals surface area contributed by atoms with Crippen LogP contribution in [0.5, 0.6) is 0 Å². The number of aromatic nitrogens is 3. The summed E-state index contributed by atoms with van der Waals surface area (Å²) in [5.41, 5.74) is 5.19. The molecule has 0 atom stereocenters. The maximum Gasteiger partial charge on any atom is 0.226 e. The van der Waals surface area contributed by atoms with Crippen molar-refractivity contribution in [1.29, 1.82) is 0 Å². The van der Waals surface area contributed by atoms with E-state index in [1.54, 1.807) is 0 Å². The first kappa shape index (κ1) is 17.8. The molecule has 0 fully saturated rings. The van der Waals surface area contributed by atoms with Gasteiger partial charge in [-0.25, -0.2) is 9.97 Å². The topological polar surface area (TPSA) is 59.8 Å². The zero-order chi connectivity index (χ0) is 19.8. The van der Waals surface area contributed by atoms with Crippen molar-refractivity contribution in [2.45, 2.75) is 13.0 Å². The van der Waals surface area contributed by atoms with E-state index in [2.05, 4.69) is 37.9 Å². The van der Waals surface area contributed by atoms with E-state index in [9.17, 15) is 4.79 Å². The van der Waals surface area contributed by atoms with Crippen LogP contribution in [0, 0.1) is 0 Å². The van der Waals surface area contributed by atoms with Crippen LogP contribution in [0.4, 0.5) is 5.69 Å². The molecule has 2 heterocycles. The number of nitrogens with zero attached hydrogens (tertiary/aromatic N) is 3. The lowest BCUT2D eigenvalue weighted by atomic mass is 10.2. The molecule has 1 N–H and O–H groups in total. The third-order valence-electron chi connectivity index (χ3n) is 4.97. The average molecular weight is 445 g/mol. The maximum absolute atomic E-state index is 12.6. The number of carbonyl (C=O) groups is 1. The normalized spacial score (nSPS) is 11.3. The van der Waals surface area contributed by atoms with Crippen molar-refractivity contribution < 1.29 is 4.79 Å². The predicted octanol–water partition coefficient (Wildman–Crippen LogP) is 5.53. The van der Waals surface area contributed by atoms with Gasteiger partial charge in [0.25, 0.3) is 0 Å². The first-order chi connectivity index (χ1) is 14.2. The maximum atomic E-state index is 12.6. The highest BCUT2D eigenvalue weighted by molar-refractivity contribution is 9.10. The number of nitrogens with one attached hydrogen (secondary N) is 1. The Bertz CT molecular complexity index is 1380. The molecule has 0 bridgehead atoms. The molecule has 0 radical (unpaired) electrons. The third-order valence-corrected chi connectivity index (χ3v) is 5.66. The van der Waals surface area contributed by atoms with Crippen molar-refractivity contribution in [2.75, 3.05) is 5.32 Å². The van der Waals surface area contributed by atoms with Crippen LogP contribution < -0.4 is 5.32 Å². The van der Waals surface area contributed by atoms with Crippen molar-refractivity contribution in [1.82, 2.24) is 14.5 Å². The van der Waals surface area contributed by atoms with Gasteiger partial charge < -0.3 is 9.88 Å². The zero-order valence-electron chi connectivity index (χ0n) is 15.5. The van der Waals surface area contributed by atoms with Crippen LogP contribution in [-0.4, -0.2) is 20.4 Å². The lowest BCUT2D eigenvalue weighted by Gasteiger charge is -2.09. The van der Waals surface area contributed by atoms with Crippen molar-refractivity contribution >= 4 is 60.6 Å². The zero-order valence-corrected chi connectivity index (χ0v) is 17.1. The van der Waals surface area contributed by atoms with Gasteiger partial charge in [-0.2, -0.15) is 0 Å². The van der Waals surface area contributed by atoms with Crippen molar-refractivity contribution in [2.24, 2.45) is 0 Å². The second kappa shape index (κ2) is 7.29. The highest BCUT2D eigenvalue weighted by Gasteiger charge is 2.15. The Morgan fingerprint density at radius 3 is 2.41 bits per heavy atom. The Kier molecular flexibility index (Phi) is 4.48. The number of para-hydroxylation sites is 4. The van der Waals surface area contributed by atoms with E-state index in [0.29, 0.717) is 13.0 Å². The summed E-state index contributed by atoms with van der Waals surface area (Å²) in [5.74, 6) is -0.0448. The minimum Gasteiger partial charge on any atom is -0.325 e. The van der Waals surface area contributed by atoms with Crippen molar-refractivity contribution in [3.63, 3.8) is 0 Å². The lowest BCUT2D eigenvalue weighted by molar-refractivity contribution is -0.116. The van der Waals surface area contributed by atoms with Crippen LogP contribution in [0.3, 0.4) is 0 Å². The fourth-order valence-corrected chi connectivity index (χ4v) is 3.98. The van der Waals surface area contributed by atoms with Gasteiger partial charge in [-0.15, -0.1) is 0 Å². The van der Waals surface area contributed by atoms with Crippen LogP contribution in [0.15, 0.2) is 77.3 Å². The van der Waals surface area contributed by atoms with Gasteiger partial charge in [0.15, 0.2) is 5.65 Å². The van der Waals surface area contributed by atoms with E-state index < -0.39 is 0 Å². The number of aryl methyl sites for hydroxylation is 1. The molecule has 1 amide bonds. The third kappa shape index (κ3) is 3.25. The van der Waals surface area contributed by atoms with E-state index in [4.69, 9.17) is 9.97 Å². The summed E-state index contributed by atoms with van der Waals surface area (Å²) in [6, 6.07) is 23.6. The summed E-state index contributed by atoms with van der Waals surface area (Å²) >= 11 is 3.46. The molecule has 2 aromatic heterocycles. The highest BCUT2D eigenvalue weighted by atomic mass is 79.9. The number of fused-ring (bicyclic) bond motifs is 4. The fourth-order valence-electron chi connectivity index (χ4n) is 3.60. The number of rotatable bonds is 4. The molecule has 0 aliphatic heterocycles. The Morgan fingerprint density at radius 2 is 1.59 bits per heavy atom. The molecule has 0 saturated heterocycles. The first-order valence-corrected chi connectivity index (χ1v) is 10.2. The molecule has 5 rings (SSSR count). The molecule has 0 aliphatic carbocycles. The SMILES string of the molecule is O=C(CCn1c2ccccc2c2nc3ccccc3nc21)Nc1ccccc1Br. The van der Waals surface area contributed by atoms with Gasteiger partial charge in [0.2, 0.25) is 5.91 Å². The smallest absolute Gasteiger partial charge is 0.226 e. The summed E-state index contributed by atoms with van der Waals surface area (Å²) in [5, 5.41) is 4.01. The molecular weight excluding hydrogens is 428 g/mol. The first-order valence-electron chi connectivity index (χ1n) is 9.39. The summed E-state index contributed by atoms with van der Waals surface area (Å²) in [4.78, 5) is 22.3. The van der Waals surface area contributed by atoms with Crippen LogP contribution in [-0.2, 0) is 11.3 Å². The van der Waals surface area contributed by atoms with E-state index in [1.165, 1.54) is 0 Å².